The van der Waals surface area contributed by atoms with Crippen LogP contribution >= 0.6 is 11.3 Å². The molecule has 2 fully saturated rings. The van der Waals surface area contributed by atoms with E-state index in [9.17, 15) is 13.2 Å². The molecule has 2 aliphatic heterocycles. The third-order valence-electron chi connectivity index (χ3n) is 6.66. The van der Waals surface area contributed by atoms with Crippen molar-refractivity contribution in [2.75, 3.05) is 45.9 Å². The highest BCUT2D eigenvalue weighted by molar-refractivity contribution is 7.91. The van der Waals surface area contributed by atoms with Gasteiger partial charge in [-0.05, 0) is 37.8 Å². The minimum absolute atomic E-state index is 0.0218. The average molecular weight is 472 g/mol. The number of hydrogen-bond acceptors (Lipinski definition) is 6. The highest BCUT2D eigenvalue weighted by atomic mass is 32.2. The molecule has 2 aliphatic rings. The molecular formula is C22H37N3O4S2. The summed E-state index contributed by atoms with van der Waals surface area (Å²) >= 11 is 1.29. The van der Waals surface area contributed by atoms with Gasteiger partial charge in [0.15, 0.2) is 0 Å². The molecule has 0 spiro atoms. The summed E-state index contributed by atoms with van der Waals surface area (Å²) in [6.45, 7) is 10.9. The molecule has 1 aromatic rings. The van der Waals surface area contributed by atoms with Crippen LogP contribution in [0.4, 0.5) is 0 Å². The van der Waals surface area contributed by atoms with E-state index in [1.165, 1.54) is 15.6 Å². The number of nitrogens with one attached hydrogen (secondary N) is 1. The van der Waals surface area contributed by atoms with Gasteiger partial charge in [0.2, 0.25) is 5.91 Å². The lowest BCUT2D eigenvalue weighted by atomic mass is 9.92. The standard InChI is InChI=1S/C22H37N3O4S2/c1-4-18(5-2)20(24-11-13-29-14-12-24)15-23-22(26)19-7-6-10-25(16-19)31(27,28)21-9-8-17(3)30-21/h8-9,18-20H,4-7,10-16H2,1-3H3,(H,23,26)/t19-,20-/m1/s1. The van der Waals surface area contributed by atoms with Crippen LogP contribution in [0.3, 0.4) is 0 Å². The Hall–Kier alpha value is -1.00. The Morgan fingerprint density at radius 2 is 1.94 bits per heavy atom. The smallest absolute Gasteiger partial charge is 0.252 e. The van der Waals surface area contributed by atoms with Crippen molar-refractivity contribution in [2.45, 2.75) is 56.7 Å². The van der Waals surface area contributed by atoms with E-state index in [1.807, 2.05) is 13.0 Å². The number of piperidine rings is 1. The fourth-order valence-electron chi connectivity index (χ4n) is 4.74. The molecule has 0 unspecified atom stereocenters. The summed E-state index contributed by atoms with van der Waals surface area (Å²) < 4.78 is 33.4. The van der Waals surface area contributed by atoms with Gasteiger partial charge in [-0.15, -0.1) is 11.3 Å². The quantitative estimate of drug-likeness (QED) is 0.599. The van der Waals surface area contributed by atoms with Gasteiger partial charge in [-0.25, -0.2) is 8.42 Å². The number of nitrogens with zero attached hydrogens (tertiary/aromatic N) is 2. The van der Waals surface area contributed by atoms with E-state index < -0.39 is 10.0 Å². The molecular weight excluding hydrogens is 434 g/mol. The van der Waals surface area contributed by atoms with E-state index in [4.69, 9.17) is 4.74 Å². The summed E-state index contributed by atoms with van der Waals surface area (Å²) in [7, 11) is -3.53. The Bertz CT molecular complexity index is 816. The van der Waals surface area contributed by atoms with Crippen LogP contribution in [0.25, 0.3) is 0 Å². The minimum Gasteiger partial charge on any atom is -0.379 e. The largest absolute Gasteiger partial charge is 0.379 e. The van der Waals surface area contributed by atoms with Crippen LogP contribution in [0.15, 0.2) is 16.3 Å². The molecule has 3 heterocycles. The Balaban J connectivity index is 1.62. The maximum absolute atomic E-state index is 13.0. The van der Waals surface area contributed by atoms with Crippen LogP contribution in [-0.2, 0) is 19.6 Å². The molecule has 9 heteroatoms. The molecule has 0 aliphatic carbocycles. The molecule has 176 valence electrons. The fourth-order valence-corrected chi connectivity index (χ4v) is 7.70. The van der Waals surface area contributed by atoms with Gasteiger partial charge in [0.25, 0.3) is 10.0 Å². The second-order valence-corrected chi connectivity index (χ2v) is 12.1. The molecule has 0 radical (unpaired) electrons. The Morgan fingerprint density at radius 1 is 1.23 bits per heavy atom. The van der Waals surface area contributed by atoms with E-state index in [0.717, 1.165) is 50.4 Å². The molecule has 1 N–H and O–H groups in total. The summed E-state index contributed by atoms with van der Waals surface area (Å²) in [5.41, 5.74) is 0. The zero-order valence-corrected chi connectivity index (χ0v) is 20.6. The monoisotopic (exact) mass is 471 g/mol. The maximum Gasteiger partial charge on any atom is 0.252 e. The van der Waals surface area contributed by atoms with Gasteiger partial charge in [-0.3, -0.25) is 9.69 Å². The van der Waals surface area contributed by atoms with Crippen LogP contribution in [0.2, 0.25) is 0 Å². The Kier molecular flexibility index (Phi) is 8.92. The summed E-state index contributed by atoms with van der Waals surface area (Å²) in [4.78, 5) is 16.4. The lowest BCUT2D eigenvalue weighted by molar-refractivity contribution is -0.126. The van der Waals surface area contributed by atoms with Crippen LogP contribution in [0, 0.1) is 18.8 Å². The van der Waals surface area contributed by atoms with Gasteiger partial charge in [0.1, 0.15) is 4.21 Å². The van der Waals surface area contributed by atoms with E-state index in [2.05, 4.69) is 24.1 Å². The van der Waals surface area contributed by atoms with Gasteiger partial charge in [-0.1, -0.05) is 26.7 Å². The highest BCUT2D eigenvalue weighted by Crippen LogP contribution is 2.28. The third kappa shape index (κ3) is 6.07. The topological polar surface area (TPSA) is 79.0 Å². The number of rotatable bonds is 9. The van der Waals surface area contributed by atoms with Crippen molar-refractivity contribution in [3.05, 3.63) is 17.0 Å². The van der Waals surface area contributed by atoms with E-state index in [1.54, 1.807) is 6.07 Å². The highest BCUT2D eigenvalue weighted by Gasteiger charge is 2.35. The first-order valence-electron chi connectivity index (χ1n) is 11.5. The Labute approximate surface area is 191 Å². The lowest BCUT2D eigenvalue weighted by Gasteiger charge is -2.39. The third-order valence-corrected chi connectivity index (χ3v) is 9.99. The number of ether oxygens (including phenoxy) is 1. The number of sulfonamides is 1. The van der Waals surface area contributed by atoms with Crippen molar-refractivity contribution in [1.82, 2.24) is 14.5 Å². The van der Waals surface area contributed by atoms with E-state index in [0.29, 0.717) is 35.7 Å². The Morgan fingerprint density at radius 3 is 2.55 bits per heavy atom. The summed E-state index contributed by atoms with van der Waals surface area (Å²) in [5.74, 6) is 0.201. The van der Waals surface area contributed by atoms with Gasteiger partial charge in [0, 0.05) is 43.6 Å². The van der Waals surface area contributed by atoms with Gasteiger partial charge in [-0.2, -0.15) is 4.31 Å². The molecule has 2 atom stereocenters. The number of aryl methyl sites for hydroxylation is 1. The molecule has 3 rings (SSSR count). The summed E-state index contributed by atoms with van der Waals surface area (Å²) in [5, 5.41) is 3.17. The first-order chi connectivity index (χ1) is 14.9. The van der Waals surface area contributed by atoms with Crippen molar-refractivity contribution in [3.8, 4) is 0 Å². The molecule has 2 saturated heterocycles. The second-order valence-electron chi connectivity index (χ2n) is 8.60. The SMILES string of the molecule is CCC(CC)[C@@H](CNC(=O)[C@@H]1CCCN(S(=O)(=O)c2ccc(C)s2)C1)N1CCOCC1. The predicted molar refractivity (Wildman–Crippen MR) is 124 cm³/mol. The normalized spacial score (nSPS) is 22.5. The number of carbonyl (C=O) groups is 1. The predicted octanol–water partition coefficient (Wildman–Crippen LogP) is 2.71. The van der Waals surface area contributed by atoms with Gasteiger partial charge >= 0.3 is 0 Å². The molecule has 0 aromatic carbocycles. The van der Waals surface area contributed by atoms with Crippen LogP contribution in [-0.4, -0.2) is 75.5 Å². The number of carbonyl (C=O) groups excluding carboxylic acids is 1. The van der Waals surface area contributed by atoms with Crippen molar-refractivity contribution >= 4 is 27.3 Å². The lowest BCUT2D eigenvalue weighted by Crippen LogP contribution is -2.53. The fraction of sp³-hybridized carbons (Fsp3) is 0.773. The van der Waals surface area contributed by atoms with Crippen molar-refractivity contribution in [1.29, 1.82) is 0 Å². The molecule has 0 bridgehead atoms. The van der Waals surface area contributed by atoms with Crippen LogP contribution in [0.5, 0.6) is 0 Å². The molecule has 1 aromatic heterocycles. The first-order valence-corrected chi connectivity index (χ1v) is 13.8. The van der Waals surface area contributed by atoms with Crippen LogP contribution < -0.4 is 5.32 Å². The average Bonchev–Trinajstić information content (AvgIpc) is 3.24. The minimum atomic E-state index is -3.53. The van der Waals surface area contributed by atoms with E-state index >= 15 is 0 Å². The van der Waals surface area contributed by atoms with Crippen molar-refractivity contribution in [3.63, 3.8) is 0 Å². The molecule has 31 heavy (non-hydrogen) atoms. The second kappa shape index (κ2) is 11.2. The molecule has 1 amide bonds. The molecule has 7 nitrogen and oxygen atoms in total. The number of amides is 1. The van der Waals surface area contributed by atoms with E-state index in [-0.39, 0.29) is 18.4 Å². The number of thiophene rings is 1. The number of hydrogen-bond donors (Lipinski definition) is 1. The van der Waals surface area contributed by atoms with Crippen LogP contribution in [0.1, 0.15) is 44.4 Å². The molecule has 0 saturated carbocycles. The van der Waals surface area contributed by atoms with Gasteiger partial charge in [0.05, 0.1) is 19.1 Å². The summed E-state index contributed by atoms with van der Waals surface area (Å²) in [6, 6.07) is 3.79. The number of morpholine rings is 1. The maximum atomic E-state index is 13.0. The first kappa shape index (κ1) is 24.6. The van der Waals surface area contributed by atoms with Gasteiger partial charge < -0.3 is 10.1 Å². The zero-order chi connectivity index (χ0) is 22.4. The van der Waals surface area contributed by atoms with Crippen molar-refractivity contribution in [2.24, 2.45) is 11.8 Å². The summed E-state index contributed by atoms with van der Waals surface area (Å²) in [6.07, 6.45) is 3.59. The van der Waals surface area contributed by atoms with Crippen molar-refractivity contribution < 1.29 is 17.9 Å². The zero-order valence-electron chi connectivity index (χ0n) is 19.0.